The van der Waals surface area contributed by atoms with E-state index in [0.29, 0.717) is 47.0 Å². The normalized spacial score (nSPS) is 12.3. The minimum absolute atomic E-state index is 0.0462. The maximum Gasteiger partial charge on any atom is 0.196 e. The Balaban J connectivity index is 1.46. The number of para-hydroxylation sites is 1. The smallest absolute Gasteiger partial charge is 0.196 e. The second-order valence-corrected chi connectivity index (χ2v) is 8.55. The molecular formula is C26H23N3O5S. The predicted molar refractivity (Wildman–Crippen MR) is 132 cm³/mol. The highest BCUT2D eigenvalue weighted by atomic mass is 32.2. The minimum atomic E-state index is -0.0462. The van der Waals surface area contributed by atoms with Crippen molar-refractivity contribution in [1.29, 1.82) is 0 Å². The van der Waals surface area contributed by atoms with E-state index in [1.54, 1.807) is 32.4 Å². The molecule has 4 aromatic rings. The molecule has 0 bridgehead atoms. The summed E-state index contributed by atoms with van der Waals surface area (Å²) in [6.07, 6.45) is 0. The number of hydrogen-bond acceptors (Lipinski definition) is 8. The van der Waals surface area contributed by atoms with E-state index in [1.807, 2.05) is 53.1 Å². The van der Waals surface area contributed by atoms with Gasteiger partial charge in [0.05, 0.1) is 31.2 Å². The highest BCUT2D eigenvalue weighted by Gasteiger charge is 2.21. The molecule has 0 aliphatic carbocycles. The molecule has 1 aliphatic heterocycles. The van der Waals surface area contributed by atoms with Crippen molar-refractivity contribution in [2.24, 2.45) is 0 Å². The first kappa shape index (κ1) is 22.8. The first-order chi connectivity index (χ1) is 17.2. The molecule has 1 aromatic heterocycles. The molecule has 9 heteroatoms. The highest BCUT2D eigenvalue weighted by molar-refractivity contribution is 7.99. The van der Waals surface area contributed by atoms with E-state index in [9.17, 15) is 4.79 Å². The maximum atomic E-state index is 13.0. The summed E-state index contributed by atoms with van der Waals surface area (Å²) in [4.78, 5) is 13.0. The van der Waals surface area contributed by atoms with Crippen LogP contribution in [0.1, 0.15) is 10.4 Å². The number of Topliss-reactive ketones (excluding diaryl/α,β-unsaturated/α-hetero) is 1. The average Bonchev–Trinajstić information content (AvgIpc) is 3.35. The zero-order chi connectivity index (χ0) is 24.2. The van der Waals surface area contributed by atoms with Gasteiger partial charge in [-0.3, -0.25) is 9.36 Å². The summed E-state index contributed by atoms with van der Waals surface area (Å²) >= 11 is 1.32. The van der Waals surface area contributed by atoms with Crippen molar-refractivity contribution < 1.29 is 23.7 Å². The van der Waals surface area contributed by atoms with Gasteiger partial charge < -0.3 is 18.9 Å². The molecule has 0 fully saturated rings. The Labute approximate surface area is 206 Å². The Bertz CT molecular complexity index is 1350. The van der Waals surface area contributed by atoms with Gasteiger partial charge in [0.1, 0.15) is 24.7 Å². The molecule has 0 unspecified atom stereocenters. The van der Waals surface area contributed by atoms with Crippen molar-refractivity contribution in [2.75, 3.05) is 33.2 Å². The quantitative estimate of drug-likeness (QED) is 0.260. The van der Waals surface area contributed by atoms with Crippen LogP contribution < -0.4 is 18.9 Å². The summed E-state index contributed by atoms with van der Waals surface area (Å²) in [6.45, 7) is 0.974. The van der Waals surface area contributed by atoms with E-state index in [2.05, 4.69) is 10.2 Å². The Morgan fingerprint density at radius 3 is 2.49 bits per heavy atom. The minimum Gasteiger partial charge on any atom is -0.497 e. The van der Waals surface area contributed by atoms with Crippen LogP contribution in [0, 0.1) is 0 Å². The first-order valence-electron chi connectivity index (χ1n) is 11.0. The number of methoxy groups -OCH3 is 2. The van der Waals surface area contributed by atoms with E-state index in [0.717, 1.165) is 17.0 Å². The molecule has 0 spiro atoms. The fourth-order valence-electron chi connectivity index (χ4n) is 3.76. The SMILES string of the molecule is COc1ccc(-n2c(SCC(=O)c3ccc4c(c3)OCCO4)nnc2-c2ccccc2OC)cc1. The van der Waals surface area contributed by atoms with E-state index < -0.39 is 0 Å². The van der Waals surface area contributed by atoms with Crippen LogP contribution in [0.4, 0.5) is 0 Å². The largest absolute Gasteiger partial charge is 0.497 e. The van der Waals surface area contributed by atoms with Gasteiger partial charge in [-0.25, -0.2) is 0 Å². The zero-order valence-electron chi connectivity index (χ0n) is 19.3. The molecule has 1 aliphatic rings. The summed E-state index contributed by atoms with van der Waals surface area (Å²) in [5, 5.41) is 9.46. The molecule has 0 saturated heterocycles. The fourth-order valence-corrected chi connectivity index (χ4v) is 4.61. The van der Waals surface area contributed by atoms with E-state index in [4.69, 9.17) is 18.9 Å². The number of nitrogens with zero attached hydrogens (tertiary/aromatic N) is 3. The van der Waals surface area contributed by atoms with Gasteiger partial charge in [-0.1, -0.05) is 23.9 Å². The molecule has 35 heavy (non-hydrogen) atoms. The Hall–Kier alpha value is -3.98. The lowest BCUT2D eigenvalue weighted by Crippen LogP contribution is -2.16. The van der Waals surface area contributed by atoms with Gasteiger partial charge in [0, 0.05) is 5.56 Å². The standard InChI is InChI=1S/C26H23N3O5S/c1-31-19-10-8-18(9-11-19)29-25(20-5-3-4-6-22(20)32-2)27-28-26(29)35-16-21(30)17-7-12-23-24(15-17)34-14-13-33-23/h3-12,15H,13-14,16H2,1-2H3. The van der Waals surface area contributed by atoms with Gasteiger partial charge in [-0.15, -0.1) is 10.2 Å². The third kappa shape index (κ3) is 4.67. The van der Waals surface area contributed by atoms with Crippen LogP contribution in [0.5, 0.6) is 23.0 Å². The lowest BCUT2D eigenvalue weighted by molar-refractivity contribution is 0.102. The molecule has 178 valence electrons. The molecule has 0 N–H and O–H groups in total. The molecule has 0 saturated carbocycles. The number of thioether (sulfide) groups is 1. The van der Waals surface area contributed by atoms with Crippen LogP contribution >= 0.6 is 11.8 Å². The van der Waals surface area contributed by atoms with E-state index >= 15 is 0 Å². The van der Waals surface area contributed by atoms with Crippen molar-refractivity contribution in [1.82, 2.24) is 14.8 Å². The van der Waals surface area contributed by atoms with Crippen molar-refractivity contribution in [3.8, 4) is 40.1 Å². The Morgan fingerprint density at radius 1 is 0.943 bits per heavy atom. The Kier molecular flexibility index (Phi) is 6.58. The number of carbonyl (C=O) groups is 1. The van der Waals surface area contributed by atoms with Gasteiger partial charge in [0.25, 0.3) is 0 Å². The number of aromatic nitrogens is 3. The summed E-state index contributed by atoms with van der Waals surface area (Å²) in [6, 6.07) is 20.5. The third-order valence-electron chi connectivity index (χ3n) is 5.51. The van der Waals surface area contributed by atoms with Gasteiger partial charge in [-0.2, -0.15) is 0 Å². The number of hydrogen-bond donors (Lipinski definition) is 0. The van der Waals surface area contributed by atoms with Gasteiger partial charge in [-0.05, 0) is 54.6 Å². The third-order valence-corrected chi connectivity index (χ3v) is 6.44. The zero-order valence-corrected chi connectivity index (χ0v) is 20.1. The fraction of sp³-hybridized carbons (Fsp3) is 0.192. The van der Waals surface area contributed by atoms with Crippen molar-refractivity contribution in [3.63, 3.8) is 0 Å². The lowest BCUT2D eigenvalue weighted by atomic mass is 10.1. The van der Waals surface area contributed by atoms with Gasteiger partial charge in [0.15, 0.2) is 28.3 Å². The van der Waals surface area contributed by atoms with Crippen molar-refractivity contribution in [3.05, 3.63) is 72.3 Å². The molecular weight excluding hydrogens is 466 g/mol. The average molecular weight is 490 g/mol. The Morgan fingerprint density at radius 2 is 1.71 bits per heavy atom. The topological polar surface area (TPSA) is 84.7 Å². The number of rotatable bonds is 8. The molecule has 5 rings (SSSR count). The summed E-state index contributed by atoms with van der Waals surface area (Å²) in [5.41, 5.74) is 2.19. The van der Waals surface area contributed by atoms with Crippen LogP contribution in [-0.2, 0) is 0 Å². The molecule has 3 aromatic carbocycles. The summed E-state index contributed by atoms with van der Waals surface area (Å²) in [5.74, 6) is 3.41. The highest BCUT2D eigenvalue weighted by Crippen LogP contribution is 2.35. The molecule has 0 atom stereocenters. The van der Waals surface area contributed by atoms with E-state index in [1.165, 1.54) is 11.8 Å². The first-order valence-corrected chi connectivity index (χ1v) is 12.0. The molecule has 0 radical (unpaired) electrons. The van der Waals surface area contributed by atoms with Crippen molar-refractivity contribution in [2.45, 2.75) is 5.16 Å². The van der Waals surface area contributed by atoms with E-state index in [-0.39, 0.29) is 11.5 Å². The van der Waals surface area contributed by atoms with Crippen molar-refractivity contribution >= 4 is 17.5 Å². The lowest BCUT2D eigenvalue weighted by Gasteiger charge is -2.18. The van der Waals surface area contributed by atoms with Gasteiger partial charge >= 0.3 is 0 Å². The number of ketones is 1. The maximum absolute atomic E-state index is 13.0. The second kappa shape index (κ2) is 10.1. The van der Waals surface area contributed by atoms with Crippen LogP contribution in [-0.4, -0.2) is 53.7 Å². The van der Waals surface area contributed by atoms with Crippen LogP contribution in [0.3, 0.4) is 0 Å². The van der Waals surface area contributed by atoms with Gasteiger partial charge in [0.2, 0.25) is 0 Å². The number of ether oxygens (including phenoxy) is 4. The second-order valence-electron chi connectivity index (χ2n) is 7.61. The molecule has 0 amide bonds. The number of benzene rings is 3. The number of carbonyl (C=O) groups excluding carboxylic acids is 1. The summed E-state index contributed by atoms with van der Waals surface area (Å²) in [7, 11) is 3.24. The number of fused-ring (bicyclic) bond motifs is 1. The van der Waals surface area contributed by atoms with Crippen LogP contribution in [0.2, 0.25) is 0 Å². The predicted octanol–water partition coefficient (Wildman–Crippen LogP) is 4.70. The summed E-state index contributed by atoms with van der Waals surface area (Å²) < 4.78 is 23.9. The molecule has 8 nitrogen and oxygen atoms in total. The van der Waals surface area contributed by atoms with Crippen LogP contribution in [0.15, 0.2) is 71.9 Å². The monoisotopic (exact) mass is 489 g/mol. The molecule has 2 heterocycles. The van der Waals surface area contributed by atoms with Crippen LogP contribution in [0.25, 0.3) is 17.1 Å².